The lowest BCUT2D eigenvalue weighted by molar-refractivity contribution is -0.148. The van der Waals surface area contributed by atoms with Crippen LogP contribution in [0.3, 0.4) is 0 Å². The van der Waals surface area contributed by atoms with Crippen LogP contribution in [0.5, 0.6) is 0 Å². The normalized spacial score (nSPS) is 33.4. The Morgan fingerprint density at radius 2 is 2.00 bits per heavy atom. The molecule has 2 unspecified atom stereocenters. The van der Waals surface area contributed by atoms with E-state index in [2.05, 4.69) is 12.2 Å². The molecular weight excluding hydrogens is 240 g/mol. The topological polar surface area (TPSA) is 41.6 Å². The van der Waals surface area contributed by atoms with E-state index in [-0.39, 0.29) is 18.1 Å². The molecule has 0 bridgehead atoms. The molecular formula is C15H26N2O2. The quantitative estimate of drug-likeness (QED) is 0.839. The summed E-state index contributed by atoms with van der Waals surface area (Å²) < 4.78 is 5.76. The van der Waals surface area contributed by atoms with E-state index < -0.39 is 0 Å². The Morgan fingerprint density at radius 3 is 2.68 bits per heavy atom. The fourth-order valence-corrected chi connectivity index (χ4v) is 3.73. The summed E-state index contributed by atoms with van der Waals surface area (Å²) in [4.78, 5) is 14.3. The summed E-state index contributed by atoms with van der Waals surface area (Å²) in [5, 5.41) is 3.19. The maximum absolute atomic E-state index is 12.2. The molecule has 3 fully saturated rings. The van der Waals surface area contributed by atoms with Crippen LogP contribution in [0.4, 0.5) is 0 Å². The van der Waals surface area contributed by atoms with Gasteiger partial charge in [0.15, 0.2) is 0 Å². The minimum absolute atomic E-state index is 0.112. The standard InChI is InChI=1S/C15H26N2O2/c1-15(10-16-11-15)19-9-14(18)17-7-6-12-4-2-3-5-13(12)8-17/h12-13,16H,2-11H2,1H3. The van der Waals surface area contributed by atoms with Crippen LogP contribution in [0.25, 0.3) is 0 Å². The van der Waals surface area contributed by atoms with Gasteiger partial charge in [0.05, 0.1) is 5.60 Å². The summed E-state index contributed by atoms with van der Waals surface area (Å²) in [5.74, 6) is 1.83. The molecule has 2 saturated heterocycles. The highest BCUT2D eigenvalue weighted by molar-refractivity contribution is 5.77. The maximum atomic E-state index is 12.2. The number of nitrogens with one attached hydrogen (secondary N) is 1. The van der Waals surface area contributed by atoms with Crippen LogP contribution in [0.15, 0.2) is 0 Å². The van der Waals surface area contributed by atoms with Gasteiger partial charge in [-0.15, -0.1) is 0 Å². The smallest absolute Gasteiger partial charge is 0.248 e. The minimum Gasteiger partial charge on any atom is -0.363 e. The number of hydrogen-bond acceptors (Lipinski definition) is 3. The summed E-state index contributed by atoms with van der Waals surface area (Å²) in [5.41, 5.74) is -0.112. The van der Waals surface area contributed by atoms with Gasteiger partial charge in [-0.25, -0.2) is 0 Å². The van der Waals surface area contributed by atoms with Gasteiger partial charge in [0.1, 0.15) is 6.61 Å². The second-order valence-corrected chi connectivity index (χ2v) is 6.78. The number of likely N-dealkylation sites (tertiary alicyclic amines) is 1. The van der Waals surface area contributed by atoms with Crippen LogP contribution in [-0.2, 0) is 9.53 Å². The Bertz CT molecular complexity index is 341. The first-order chi connectivity index (χ1) is 9.16. The Balaban J connectivity index is 1.47. The monoisotopic (exact) mass is 266 g/mol. The zero-order valence-corrected chi connectivity index (χ0v) is 12.0. The van der Waals surface area contributed by atoms with Gasteiger partial charge in [0.2, 0.25) is 5.91 Å². The van der Waals surface area contributed by atoms with Gasteiger partial charge in [-0.3, -0.25) is 4.79 Å². The van der Waals surface area contributed by atoms with Crippen molar-refractivity contribution in [1.29, 1.82) is 0 Å². The Morgan fingerprint density at radius 1 is 1.26 bits per heavy atom. The van der Waals surface area contributed by atoms with Crippen molar-refractivity contribution in [3.8, 4) is 0 Å². The molecule has 2 aliphatic heterocycles. The number of nitrogens with zero attached hydrogens (tertiary/aromatic N) is 1. The summed E-state index contributed by atoms with van der Waals surface area (Å²) in [6.07, 6.45) is 6.64. The third-order valence-corrected chi connectivity index (χ3v) is 5.19. The number of piperidine rings is 1. The van der Waals surface area contributed by atoms with E-state index in [0.29, 0.717) is 0 Å². The Hall–Kier alpha value is -0.610. The van der Waals surface area contributed by atoms with E-state index >= 15 is 0 Å². The molecule has 3 rings (SSSR count). The van der Waals surface area contributed by atoms with Crippen molar-refractivity contribution >= 4 is 5.91 Å². The summed E-state index contributed by atoms with van der Waals surface area (Å²) in [7, 11) is 0. The van der Waals surface area contributed by atoms with Crippen molar-refractivity contribution in [2.24, 2.45) is 11.8 Å². The summed E-state index contributed by atoms with van der Waals surface area (Å²) >= 11 is 0. The molecule has 4 heteroatoms. The van der Waals surface area contributed by atoms with Crippen molar-refractivity contribution in [3.05, 3.63) is 0 Å². The molecule has 1 saturated carbocycles. The number of ether oxygens (including phenoxy) is 1. The van der Waals surface area contributed by atoms with Crippen molar-refractivity contribution in [1.82, 2.24) is 10.2 Å². The van der Waals surface area contributed by atoms with Crippen LogP contribution in [0.1, 0.15) is 39.0 Å². The zero-order valence-electron chi connectivity index (χ0n) is 12.0. The second-order valence-electron chi connectivity index (χ2n) is 6.78. The number of amides is 1. The molecule has 4 nitrogen and oxygen atoms in total. The fourth-order valence-electron chi connectivity index (χ4n) is 3.73. The second kappa shape index (κ2) is 5.41. The average Bonchev–Trinajstić information content (AvgIpc) is 2.42. The Labute approximate surface area is 115 Å². The van der Waals surface area contributed by atoms with Gasteiger partial charge in [-0.1, -0.05) is 19.3 Å². The highest BCUT2D eigenvalue weighted by Crippen LogP contribution is 2.36. The predicted molar refractivity (Wildman–Crippen MR) is 73.9 cm³/mol. The zero-order chi connectivity index (χ0) is 13.3. The van der Waals surface area contributed by atoms with Gasteiger partial charge in [-0.05, 0) is 31.6 Å². The molecule has 2 atom stereocenters. The van der Waals surface area contributed by atoms with Crippen molar-refractivity contribution < 1.29 is 9.53 Å². The van der Waals surface area contributed by atoms with Crippen LogP contribution in [0, 0.1) is 11.8 Å². The number of hydrogen-bond donors (Lipinski definition) is 1. The minimum atomic E-state index is -0.112. The molecule has 1 aliphatic carbocycles. The SMILES string of the molecule is CC1(OCC(=O)N2CCC3CCCCC3C2)CNC1. The summed E-state index contributed by atoms with van der Waals surface area (Å²) in [6, 6.07) is 0. The third kappa shape index (κ3) is 2.95. The number of carbonyl (C=O) groups is 1. The lowest BCUT2D eigenvalue weighted by Gasteiger charge is -2.42. The first-order valence-corrected chi connectivity index (χ1v) is 7.79. The van der Waals surface area contributed by atoms with E-state index in [1.807, 2.05) is 4.90 Å². The first kappa shape index (κ1) is 13.4. The van der Waals surface area contributed by atoms with E-state index in [1.165, 1.54) is 32.1 Å². The van der Waals surface area contributed by atoms with E-state index in [4.69, 9.17) is 4.74 Å². The van der Waals surface area contributed by atoms with Gasteiger partial charge >= 0.3 is 0 Å². The highest BCUT2D eigenvalue weighted by atomic mass is 16.5. The van der Waals surface area contributed by atoms with Gasteiger partial charge in [0, 0.05) is 26.2 Å². The maximum Gasteiger partial charge on any atom is 0.248 e. The van der Waals surface area contributed by atoms with Gasteiger partial charge < -0.3 is 15.0 Å². The lowest BCUT2D eigenvalue weighted by Crippen LogP contribution is -2.60. The van der Waals surface area contributed by atoms with E-state index in [1.54, 1.807) is 0 Å². The molecule has 0 aromatic carbocycles. The molecule has 0 aromatic rings. The molecule has 19 heavy (non-hydrogen) atoms. The fraction of sp³-hybridized carbons (Fsp3) is 0.933. The predicted octanol–water partition coefficient (Wildman–Crippen LogP) is 1.40. The highest BCUT2D eigenvalue weighted by Gasteiger charge is 2.36. The number of rotatable bonds is 3. The van der Waals surface area contributed by atoms with E-state index in [0.717, 1.165) is 38.0 Å². The molecule has 0 spiro atoms. The third-order valence-electron chi connectivity index (χ3n) is 5.19. The summed E-state index contributed by atoms with van der Waals surface area (Å²) in [6.45, 7) is 5.98. The largest absolute Gasteiger partial charge is 0.363 e. The van der Waals surface area contributed by atoms with Crippen LogP contribution >= 0.6 is 0 Å². The molecule has 3 aliphatic rings. The number of fused-ring (bicyclic) bond motifs is 1. The van der Waals surface area contributed by atoms with Gasteiger partial charge in [-0.2, -0.15) is 0 Å². The molecule has 0 radical (unpaired) electrons. The van der Waals surface area contributed by atoms with Crippen molar-refractivity contribution in [2.75, 3.05) is 32.8 Å². The molecule has 0 aromatic heterocycles. The average molecular weight is 266 g/mol. The number of carbonyl (C=O) groups excluding carboxylic acids is 1. The molecule has 108 valence electrons. The van der Waals surface area contributed by atoms with Crippen molar-refractivity contribution in [2.45, 2.75) is 44.6 Å². The lowest BCUT2D eigenvalue weighted by atomic mass is 9.75. The molecule has 1 amide bonds. The van der Waals surface area contributed by atoms with Crippen molar-refractivity contribution in [3.63, 3.8) is 0 Å². The first-order valence-electron chi connectivity index (χ1n) is 7.79. The van der Waals surface area contributed by atoms with E-state index in [9.17, 15) is 4.79 Å². The van der Waals surface area contributed by atoms with Crippen LogP contribution < -0.4 is 5.32 Å². The van der Waals surface area contributed by atoms with Crippen LogP contribution in [-0.4, -0.2) is 49.2 Å². The molecule has 1 N–H and O–H groups in total. The Kier molecular flexibility index (Phi) is 3.81. The molecule has 2 heterocycles. The van der Waals surface area contributed by atoms with Gasteiger partial charge in [0.25, 0.3) is 0 Å². The van der Waals surface area contributed by atoms with Crippen LogP contribution in [0.2, 0.25) is 0 Å².